The Labute approximate surface area is 152 Å². The first-order valence-corrected chi connectivity index (χ1v) is 8.60. The van der Waals surface area contributed by atoms with E-state index in [0.717, 1.165) is 16.3 Å². The lowest BCUT2D eigenvalue weighted by Gasteiger charge is -2.10. The van der Waals surface area contributed by atoms with Crippen molar-refractivity contribution in [2.24, 2.45) is 0 Å². The molecule has 0 aliphatic rings. The standard InChI is InChI=1S/C19H15F3N2OS/c20-19(21,22)26-16-10-8-15(9-11-16)24-18(25)23-12-14-6-3-5-13-4-1-2-7-17(13)14/h1-11H,12H2,(H2,23,24,25). The van der Waals surface area contributed by atoms with Gasteiger partial charge in [-0.15, -0.1) is 0 Å². The molecule has 0 spiro atoms. The second-order valence-electron chi connectivity index (χ2n) is 5.52. The van der Waals surface area contributed by atoms with E-state index in [4.69, 9.17) is 0 Å². The maximum absolute atomic E-state index is 12.3. The number of rotatable bonds is 4. The molecular formula is C19H15F3N2OS. The number of benzene rings is 3. The average molecular weight is 376 g/mol. The van der Waals surface area contributed by atoms with Crippen molar-refractivity contribution in [3.63, 3.8) is 0 Å². The lowest BCUT2D eigenvalue weighted by atomic mass is 10.0. The van der Waals surface area contributed by atoms with Crippen LogP contribution < -0.4 is 10.6 Å². The normalized spacial score (nSPS) is 11.3. The molecule has 3 aromatic rings. The van der Waals surface area contributed by atoms with Crippen LogP contribution in [0, 0.1) is 0 Å². The van der Waals surface area contributed by atoms with E-state index in [2.05, 4.69) is 10.6 Å². The highest BCUT2D eigenvalue weighted by Crippen LogP contribution is 2.37. The lowest BCUT2D eigenvalue weighted by Crippen LogP contribution is -2.28. The fourth-order valence-electron chi connectivity index (χ4n) is 2.54. The van der Waals surface area contributed by atoms with Gasteiger partial charge in [0, 0.05) is 17.1 Å². The zero-order valence-electron chi connectivity index (χ0n) is 13.5. The molecule has 3 aromatic carbocycles. The molecule has 134 valence electrons. The highest BCUT2D eigenvalue weighted by molar-refractivity contribution is 8.00. The fraction of sp³-hybridized carbons (Fsp3) is 0.105. The Morgan fingerprint density at radius 1 is 0.923 bits per heavy atom. The van der Waals surface area contributed by atoms with Crippen LogP contribution in [0.4, 0.5) is 23.7 Å². The number of alkyl halides is 3. The fourth-order valence-corrected chi connectivity index (χ4v) is 3.08. The third-order valence-corrected chi connectivity index (χ3v) is 4.40. The summed E-state index contributed by atoms with van der Waals surface area (Å²) in [6.07, 6.45) is 0. The van der Waals surface area contributed by atoms with Gasteiger partial charge in [-0.1, -0.05) is 42.5 Å². The molecule has 0 saturated carbocycles. The third kappa shape index (κ3) is 4.92. The van der Waals surface area contributed by atoms with E-state index in [-0.39, 0.29) is 16.7 Å². The molecule has 0 bridgehead atoms. The second-order valence-corrected chi connectivity index (χ2v) is 6.66. The molecule has 2 N–H and O–H groups in total. The Kier molecular flexibility index (Phi) is 5.37. The summed E-state index contributed by atoms with van der Waals surface area (Å²) >= 11 is -0.191. The molecule has 0 saturated heterocycles. The number of hydrogen-bond donors (Lipinski definition) is 2. The van der Waals surface area contributed by atoms with Crippen molar-refractivity contribution in [1.82, 2.24) is 5.32 Å². The molecule has 0 fully saturated rings. The summed E-state index contributed by atoms with van der Waals surface area (Å²) in [7, 11) is 0. The van der Waals surface area contributed by atoms with E-state index in [1.165, 1.54) is 24.3 Å². The van der Waals surface area contributed by atoms with Crippen molar-refractivity contribution < 1.29 is 18.0 Å². The smallest absolute Gasteiger partial charge is 0.334 e. The van der Waals surface area contributed by atoms with E-state index in [0.29, 0.717) is 12.2 Å². The third-order valence-electron chi connectivity index (χ3n) is 3.67. The molecule has 0 unspecified atom stereocenters. The topological polar surface area (TPSA) is 41.1 Å². The van der Waals surface area contributed by atoms with Gasteiger partial charge in [0.05, 0.1) is 0 Å². The minimum Gasteiger partial charge on any atom is -0.334 e. The van der Waals surface area contributed by atoms with Crippen LogP contribution in [0.2, 0.25) is 0 Å². The number of thioether (sulfide) groups is 1. The Balaban J connectivity index is 1.59. The number of halogens is 3. The monoisotopic (exact) mass is 376 g/mol. The van der Waals surface area contributed by atoms with Crippen molar-refractivity contribution in [2.75, 3.05) is 5.32 Å². The first-order chi connectivity index (χ1) is 12.4. The van der Waals surface area contributed by atoms with Crippen LogP contribution in [-0.2, 0) is 6.54 Å². The number of carbonyl (C=O) groups is 1. The van der Waals surface area contributed by atoms with Crippen molar-refractivity contribution >= 4 is 34.3 Å². The molecule has 3 nitrogen and oxygen atoms in total. The van der Waals surface area contributed by atoms with E-state index in [1.807, 2.05) is 42.5 Å². The van der Waals surface area contributed by atoms with Crippen LogP contribution in [0.5, 0.6) is 0 Å². The van der Waals surface area contributed by atoms with Gasteiger partial charge in [-0.25, -0.2) is 4.79 Å². The van der Waals surface area contributed by atoms with Gasteiger partial charge in [-0.3, -0.25) is 0 Å². The summed E-state index contributed by atoms with van der Waals surface area (Å²) < 4.78 is 36.9. The largest absolute Gasteiger partial charge is 0.446 e. The summed E-state index contributed by atoms with van der Waals surface area (Å²) in [4.78, 5) is 12.1. The number of urea groups is 1. The average Bonchev–Trinajstić information content (AvgIpc) is 2.60. The van der Waals surface area contributed by atoms with Gasteiger partial charge in [0.15, 0.2) is 0 Å². The number of fused-ring (bicyclic) bond motifs is 1. The molecule has 0 aliphatic heterocycles. The minimum absolute atomic E-state index is 0.0687. The van der Waals surface area contributed by atoms with E-state index in [1.54, 1.807) is 0 Å². The summed E-state index contributed by atoms with van der Waals surface area (Å²) in [6, 6.07) is 18.8. The van der Waals surface area contributed by atoms with Gasteiger partial charge in [0.25, 0.3) is 0 Å². The molecular weight excluding hydrogens is 361 g/mol. The van der Waals surface area contributed by atoms with E-state index >= 15 is 0 Å². The SMILES string of the molecule is O=C(NCc1cccc2ccccc12)Nc1ccc(SC(F)(F)F)cc1. The molecule has 7 heteroatoms. The maximum atomic E-state index is 12.3. The van der Waals surface area contributed by atoms with Crippen molar-refractivity contribution in [3.05, 3.63) is 72.3 Å². The first kappa shape index (κ1) is 18.1. The zero-order valence-corrected chi connectivity index (χ0v) is 14.3. The minimum atomic E-state index is -4.33. The van der Waals surface area contributed by atoms with Gasteiger partial charge >= 0.3 is 11.5 Å². The number of hydrogen-bond acceptors (Lipinski definition) is 2. The van der Waals surface area contributed by atoms with Crippen molar-refractivity contribution in [3.8, 4) is 0 Å². The first-order valence-electron chi connectivity index (χ1n) is 7.78. The molecule has 0 atom stereocenters. The predicted octanol–water partition coefficient (Wildman–Crippen LogP) is 5.77. The molecule has 0 aliphatic carbocycles. The van der Waals surface area contributed by atoms with E-state index < -0.39 is 11.5 Å². The maximum Gasteiger partial charge on any atom is 0.446 e. The number of amides is 2. The molecule has 0 heterocycles. The summed E-state index contributed by atoms with van der Waals surface area (Å²) in [5, 5.41) is 7.51. The Bertz CT molecular complexity index is 905. The van der Waals surface area contributed by atoms with Crippen LogP contribution in [0.1, 0.15) is 5.56 Å². The van der Waals surface area contributed by atoms with Gasteiger partial charge in [0.2, 0.25) is 0 Å². The highest BCUT2D eigenvalue weighted by Gasteiger charge is 2.29. The van der Waals surface area contributed by atoms with Crippen LogP contribution in [0.25, 0.3) is 10.8 Å². The molecule has 26 heavy (non-hydrogen) atoms. The molecule has 0 aromatic heterocycles. The van der Waals surface area contributed by atoms with Crippen LogP contribution in [0.15, 0.2) is 71.6 Å². The molecule has 0 radical (unpaired) electrons. The zero-order chi connectivity index (χ0) is 18.6. The van der Waals surface area contributed by atoms with Gasteiger partial charge in [-0.05, 0) is 52.4 Å². The van der Waals surface area contributed by atoms with Crippen molar-refractivity contribution in [2.45, 2.75) is 16.9 Å². The highest BCUT2D eigenvalue weighted by atomic mass is 32.2. The number of nitrogens with one attached hydrogen (secondary N) is 2. The Morgan fingerprint density at radius 3 is 2.35 bits per heavy atom. The van der Waals surface area contributed by atoms with E-state index in [9.17, 15) is 18.0 Å². The van der Waals surface area contributed by atoms with Crippen LogP contribution >= 0.6 is 11.8 Å². The predicted molar refractivity (Wildman–Crippen MR) is 98.2 cm³/mol. The Morgan fingerprint density at radius 2 is 1.62 bits per heavy atom. The van der Waals surface area contributed by atoms with Gasteiger partial charge in [0.1, 0.15) is 0 Å². The lowest BCUT2D eigenvalue weighted by molar-refractivity contribution is -0.0328. The number of anilines is 1. The van der Waals surface area contributed by atoms with Crippen LogP contribution in [0.3, 0.4) is 0 Å². The summed E-state index contributed by atoms with van der Waals surface area (Å²) in [5.74, 6) is 0. The second kappa shape index (κ2) is 7.70. The Hall–Kier alpha value is -2.67. The van der Waals surface area contributed by atoms with Gasteiger partial charge < -0.3 is 10.6 Å². The molecule has 2 amide bonds. The molecule has 3 rings (SSSR count). The van der Waals surface area contributed by atoms with Crippen LogP contribution in [-0.4, -0.2) is 11.5 Å². The van der Waals surface area contributed by atoms with Gasteiger partial charge in [-0.2, -0.15) is 13.2 Å². The summed E-state index contributed by atoms with van der Waals surface area (Å²) in [6.45, 7) is 0.342. The van der Waals surface area contributed by atoms with Crippen molar-refractivity contribution in [1.29, 1.82) is 0 Å². The quantitative estimate of drug-likeness (QED) is 0.567. The summed E-state index contributed by atoms with van der Waals surface area (Å²) in [5.41, 5.74) is -2.92. The number of carbonyl (C=O) groups excluding carboxylic acids is 1.